The maximum Gasteiger partial charge on any atom is 0.414 e. The van der Waals surface area contributed by atoms with Crippen molar-refractivity contribution in [3.63, 3.8) is 0 Å². The molecule has 2 aromatic heterocycles. The summed E-state index contributed by atoms with van der Waals surface area (Å²) in [6.45, 7) is 0.301. The van der Waals surface area contributed by atoms with Crippen LogP contribution in [0.5, 0.6) is 0 Å². The second-order valence-corrected chi connectivity index (χ2v) is 8.87. The van der Waals surface area contributed by atoms with Crippen LogP contribution < -0.4 is 14.7 Å². The van der Waals surface area contributed by atoms with Crippen molar-refractivity contribution >= 4 is 34.9 Å². The highest BCUT2D eigenvalue weighted by atomic mass is 19.1. The molecule has 0 saturated carbocycles. The van der Waals surface area contributed by atoms with Crippen LogP contribution in [0, 0.1) is 21.7 Å². The lowest BCUT2D eigenvalue weighted by Gasteiger charge is -2.24. The van der Waals surface area contributed by atoms with E-state index in [1.165, 1.54) is 11.2 Å². The van der Waals surface area contributed by atoms with Crippen LogP contribution in [-0.2, 0) is 9.57 Å². The summed E-state index contributed by atoms with van der Waals surface area (Å²) < 4.78 is 40.6. The molecule has 16 heteroatoms. The van der Waals surface area contributed by atoms with Crippen molar-refractivity contribution in [1.29, 1.82) is 0 Å². The molecule has 0 bridgehead atoms. The standard InChI is InChI=1S/C23H23F2N7O7/c1-28(20-2-6-37-27-20)12-16-13-30(23(34)39-16)14-8-17(24)21(18(25)9-14)29-3-4-31(38-7-5-29)22(33)19-10-15(11-26-19)32(35)36/h2,6,8-11,16,26H,3-5,7,12-13H2,1H3/t16-/m0/s1. The summed E-state index contributed by atoms with van der Waals surface area (Å²) in [6.07, 6.45) is 1.18. The highest BCUT2D eigenvalue weighted by molar-refractivity contribution is 5.92. The zero-order valence-electron chi connectivity index (χ0n) is 20.6. The normalized spacial score (nSPS) is 17.8. The third kappa shape index (κ3) is 5.31. The van der Waals surface area contributed by atoms with Gasteiger partial charge in [0.15, 0.2) is 17.5 Å². The Bertz CT molecular complexity index is 1360. The second-order valence-electron chi connectivity index (χ2n) is 8.87. The summed E-state index contributed by atoms with van der Waals surface area (Å²) in [5.74, 6) is -1.92. The third-order valence-corrected chi connectivity index (χ3v) is 6.31. The van der Waals surface area contributed by atoms with Gasteiger partial charge in [0.1, 0.15) is 23.7 Å². The van der Waals surface area contributed by atoms with Crippen LogP contribution in [-0.4, -0.2) is 84.6 Å². The van der Waals surface area contributed by atoms with Crippen LogP contribution >= 0.6 is 0 Å². The molecule has 14 nitrogen and oxygen atoms in total. The number of ether oxygens (including phenoxy) is 1. The Kier molecular flexibility index (Phi) is 7.02. The number of likely N-dealkylation sites (N-methyl/N-ethyl adjacent to an activating group) is 1. The van der Waals surface area contributed by atoms with Crippen molar-refractivity contribution in [2.45, 2.75) is 6.10 Å². The van der Waals surface area contributed by atoms with Crippen LogP contribution in [0.3, 0.4) is 0 Å². The molecule has 1 N–H and O–H groups in total. The molecule has 206 valence electrons. The summed E-state index contributed by atoms with van der Waals surface area (Å²) in [5.41, 5.74) is -0.669. The van der Waals surface area contributed by atoms with E-state index in [0.29, 0.717) is 5.82 Å². The molecule has 0 radical (unpaired) electrons. The number of H-pyrrole nitrogens is 1. The van der Waals surface area contributed by atoms with Gasteiger partial charge in [0.2, 0.25) is 0 Å². The number of nitro groups is 1. The van der Waals surface area contributed by atoms with Gasteiger partial charge in [-0.3, -0.25) is 24.6 Å². The first-order valence-corrected chi connectivity index (χ1v) is 11.8. The van der Waals surface area contributed by atoms with E-state index in [2.05, 4.69) is 10.1 Å². The number of nitrogens with one attached hydrogen (secondary N) is 1. The van der Waals surface area contributed by atoms with Gasteiger partial charge in [-0.2, -0.15) is 0 Å². The molecule has 5 rings (SSSR count). The number of benzene rings is 1. The van der Waals surface area contributed by atoms with E-state index >= 15 is 8.78 Å². The average Bonchev–Trinajstić information content (AvgIpc) is 3.63. The maximum absolute atomic E-state index is 15.2. The quantitative estimate of drug-likeness (QED) is 0.345. The summed E-state index contributed by atoms with van der Waals surface area (Å²) >= 11 is 0. The minimum absolute atomic E-state index is 0.00144. The van der Waals surface area contributed by atoms with Crippen LogP contribution in [0.2, 0.25) is 0 Å². The van der Waals surface area contributed by atoms with E-state index in [9.17, 15) is 19.7 Å². The number of carbonyl (C=O) groups is 2. The lowest BCUT2D eigenvalue weighted by Crippen LogP contribution is -2.35. The summed E-state index contributed by atoms with van der Waals surface area (Å²) in [7, 11) is 1.74. The van der Waals surface area contributed by atoms with Gasteiger partial charge in [0, 0.05) is 44.4 Å². The number of anilines is 3. The van der Waals surface area contributed by atoms with Crippen molar-refractivity contribution in [2.24, 2.45) is 0 Å². The lowest BCUT2D eigenvalue weighted by atomic mass is 10.2. The van der Waals surface area contributed by atoms with E-state index in [1.807, 2.05) is 0 Å². The van der Waals surface area contributed by atoms with Crippen LogP contribution in [0.1, 0.15) is 10.5 Å². The number of hydrogen-bond acceptors (Lipinski definition) is 10. The molecule has 0 unspecified atom stereocenters. The van der Waals surface area contributed by atoms with Gasteiger partial charge in [-0.15, -0.1) is 0 Å². The fraction of sp³-hybridized carbons (Fsp3) is 0.348. The van der Waals surface area contributed by atoms with Gasteiger partial charge < -0.3 is 24.0 Å². The number of aromatic amines is 1. The topological polar surface area (TPSA) is 151 Å². The van der Waals surface area contributed by atoms with Gasteiger partial charge in [-0.1, -0.05) is 5.16 Å². The molecule has 2 saturated heterocycles. The zero-order chi connectivity index (χ0) is 27.7. The van der Waals surface area contributed by atoms with E-state index in [1.54, 1.807) is 18.0 Å². The largest absolute Gasteiger partial charge is 0.442 e. The molecule has 2 amide bonds. The Morgan fingerprint density at radius 1 is 1.26 bits per heavy atom. The number of halogens is 2. The Balaban J connectivity index is 1.25. The average molecular weight is 547 g/mol. The van der Waals surface area contributed by atoms with Gasteiger partial charge in [-0.05, 0) is 0 Å². The van der Waals surface area contributed by atoms with Crippen molar-refractivity contribution in [2.75, 3.05) is 61.1 Å². The Morgan fingerprint density at radius 3 is 2.69 bits per heavy atom. The Hall–Kier alpha value is -4.73. The van der Waals surface area contributed by atoms with Crippen molar-refractivity contribution < 1.29 is 37.4 Å². The van der Waals surface area contributed by atoms with Crippen LogP contribution in [0.15, 0.2) is 41.2 Å². The molecular weight excluding hydrogens is 524 g/mol. The smallest absolute Gasteiger partial charge is 0.414 e. The predicted octanol–water partition coefficient (Wildman–Crippen LogP) is 2.54. The number of aromatic nitrogens is 2. The number of amides is 2. The van der Waals surface area contributed by atoms with E-state index in [-0.39, 0.29) is 62.1 Å². The molecule has 1 aromatic carbocycles. The first-order valence-electron chi connectivity index (χ1n) is 11.8. The van der Waals surface area contributed by atoms with Gasteiger partial charge in [0.05, 0.1) is 43.0 Å². The minimum atomic E-state index is -0.902. The van der Waals surface area contributed by atoms with Crippen LogP contribution in [0.25, 0.3) is 0 Å². The van der Waals surface area contributed by atoms with E-state index < -0.39 is 34.7 Å². The molecule has 39 heavy (non-hydrogen) atoms. The molecular formula is C23H23F2N7O7. The fourth-order valence-electron chi connectivity index (χ4n) is 4.42. The number of hydrogen-bond donors (Lipinski definition) is 1. The second kappa shape index (κ2) is 10.6. The Labute approximate surface area is 219 Å². The first-order chi connectivity index (χ1) is 18.7. The molecule has 4 heterocycles. The number of nitrogens with zero attached hydrogens (tertiary/aromatic N) is 6. The predicted molar refractivity (Wildman–Crippen MR) is 130 cm³/mol. The molecule has 1 atom stereocenters. The number of rotatable bonds is 7. The molecule has 2 aliphatic rings. The number of cyclic esters (lactones) is 1. The third-order valence-electron chi connectivity index (χ3n) is 6.31. The molecule has 3 aromatic rings. The van der Waals surface area contributed by atoms with E-state index in [4.69, 9.17) is 14.1 Å². The molecule has 2 fully saturated rings. The summed E-state index contributed by atoms with van der Waals surface area (Å²) in [6, 6.07) is 4.83. The molecule has 0 spiro atoms. The number of carbonyl (C=O) groups excluding carboxylic acids is 2. The number of hydroxylamine groups is 2. The fourth-order valence-corrected chi connectivity index (χ4v) is 4.42. The maximum atomic E-state index is 15.2. The summed E-state index contributed by atoms with van der Waals surface area (Å²) in [5, 5.41) is 15.7. The van der Waals surface area contributed by atoms with Gasteiger partial charge in [-0.25, -0.2) is 18.6 Å². The highest BCUT2D eigenvalue weighted by Gasteiger charge is 2.35. The molecule has 2 aliphatic heterocycles. The van der Waals surface area contributed by atoms with Crippen molar-refractivity contribution in [3.8, 4) is 0 Å². The summed E-state index contributed by atoms with van der Waals surface area (Å²) in [4.78, 5) is 47.6. The first kappa shape index (κ1) is 25.9. The van der Waals surface area contributed by atoms with Crippen LogP contribution in [0.4, 0.5) is 36.5 Å². The van der Waals surface area contributed by atoms with Crippen molar-refractivity contribution in [3.05, 3.63) is 64.2 Å². The highest BCUT2D eigenvalue weighted by Crippen LogP contribution is 2.32. The zero-order valence-corrected chi connectivity index (χ0v) is 20.6. The molecule has 0 aliphatic carbocycles. The van der Waals surface area contributed by atoms with Gasteiger partial charge >= 0.3 is 6.09 Å². The monoisotopic (exact) mass is 547 g/mol. The van der Waals surface area contributed by atoms with E-state index in [0.717, 1.165) is 34.4 Å². The van der Waals surface area contributed by atoms with Crippen molar-refractivity contribution in [1.82, 2.24) is 15.2 Å². The minimum Gasteiger partial charge on any atom is -0.442 e. The Morgan fingerprint density at radius 2 is 2.03 bits per heavy atom. The lowest BCUT2D eigenvalue weighted by molar-refractivity contribution is -0.384. The van der Waals surface area contributed by atoms with Gasteiger partial charge in [0.25, 0.3) is 11.6 Å². The SMILES string of the molecule is CN(C[C@H]1CN(c2cc(F)c(N3CCON(C(=O)c4cc([N+](=O)[O-])c[nH]4)CC3)c(F)c2)C(=O)O1)c1ccon1.